The molecule has 2 aromatic carbocycles. The van der Waals surface area contributed by atoms with E-state index in [9.17, 15) is 9.18 Å². The van der Waals surface area contributed by atoms with Crippen LogP contribution in [0.5, 0.6) is 5.75 Å². The molecular formula is C24H29ClFN3O3. The van der Waals surface area contributed by atoms with Crippen LogP contribution < -0.4 is 15.8 Å². The quantitative estimate of drug-likeness (QED) is 0.581. The fourth-order valence-electron chi connectivity index (χ4n) is 3.80. The highest BCUT2D eigenvalue weighted by Crippen LogP contribution is 2.29. The first kappa shape index (κ1) is 24.0. The summed E-state index contributed by atoms with van der Waals surface area (Å²) in [7, 11) is 3.14. The number of benzene rings is 2. The van der Waals surface area contributed by atoms with E-state index < -0.39 is 0 Å². The second-order valence-corrected chi connectivity index (χ2v) is 8.17. The molecule has 3 rings (SSSR count). The molecule has 1 saturated heterocycles. The molecule has 1 aliphatic heterocycles. The maximum Gasteiger partial charge on any atom is 0.255 e. The highest BCUT2D eigenvalue weighted by molar-refractivity contribution is 6.33. The Morgan fingerprint density at radius 3 is 2.75 bits per heavy atom. The number of rotatable bonds is 8. The van der Waals surface area contributed by atoms with E-state index >= 15 is 0 Å². The van der Waals surface area contributed by atoms with Crippen LogP contribution in [0.2, 0.25) is 5.02 Å². The fraction of sp³-hybridized carbons (Fsp3) is 0.375. The van der Waals surface area contributed by atoms with Crippen LogP contribution in [0.1, 0.15) is 28.8 Å². The number of piperidine rings is 1. The largest absolute Gasteiger partial charge is 0.496 e. The Labute approximate surface area is 193 Å². The van der Waals surface area contributed by atoms with Crippen molar-refractivity contribution in [3.05, 3.63) is 64.4 Å². The van der Waals surface area contributed by atoms with Gasteiger partial charge in [0.15, 0.2) is 0 Å². The van der Waals surface area contributed by atoms with Gasteiger partial charge in [-0.15, -0.1) is 0 Å². The van der Waals surface area contributed by atoms with Crippen molar-refractivity contribution in [2.45, 2.75) is 25.0 Å². The molecule has 6 nitrogen and oxygen atoms in total. The van der Waals surface area contributed by atoms with E-state index in [1.54, 1.807) is 25.3 Å². The van der Waals surface area contributed by atoms with Crippen LogP contribution in [-0.2, 0) is 4.74 Å². The zero-order valence-electron chi connectivity index (χ0n) is 18.3. The molecule has 3 N–H and O–H groups in total. The van der Waals surface area contributed by atoms with Crippen LogP contribution >= 0.6 is 11.6 Å². The van der Waals surface area contributed by atoms with E-state index in [0.29, 0.717) is 28.6 Å². The molecule has 0 aromatic heterocycles. The van der Waals surface area contributed by atoms with Gasteiger partial charge in [-0.2, -0.15) is 0 Å². The van der Waals surface area contributed by atoms with Gasteiger partial charge in [0.2, 0.25) is 0 Å². The van der Waals surface area contributed by atoms with E-state index in [1.165, 1.54) is 25.3 Å². The number of hydrogen-bond acceptors (Lipinski definition) is 5. The van der Waals surface area contributed by atoms with Crippen LogP contribution in [0.3, 0.4) is 0 Å². The molecule has 0 bridgehead atoms. The third kappa shape index (κ3) is 6.22. The number of nitrogen functional groups attached to an aromatic ring is 1. The van der Waals surface area contributed by atoms with Gasteiger partial charge in [0.05, 0.1) is 35.5 Å². The van der Waals surface area contributed by atoms with E-state index in [-0.39, 0.29) is 23.9 Å². The SMILES string of the molecule is COc1cc(N)c(Cl)cc1C(=O)NC1CCN(CC/C=C/c2ccc(F)cc2)CC1OC. The van der Waals surface area contributed by atoms with E-state index in [1.807, 2.05) is 6.08 Å². The molecule has 1 aliphatic rings. The highest BCUT2D eigenvalue weighted by atomic mass is 35.5. The van der Waals surface area contributed by atoms with Gasteiger partial charge in [-0.3, -0.25) is 4.79 Å². The Morgan fingerprint density at radius 2 is 2.06 bits per heavy atom. The van der Waals surface area contributed by atoms with Crippen molar-refractivity contribution < 1.29 is 18.7 Å². The summed E-state index contributed by atoms with van der Waals surface area (Å²) >= 11 is 6.10. The van der Waals surface area contributed by atoms with E-state index in [4.69, 9.17) is 26.8 Å². The number of carbonyl (C=O) groups excluding carboxylic acids is 1. The lowest BCUT2D eigenvalue weighted by molar-refractivity contribution is 0.00695. The molecular weight excluding hydrogens is 433 g/mol. The Morgan fingerprint density at radius 1 is 1.31 bits per heavy atom. The molecule has 2 aromatic rings. The molecule has 0 radical (unpaired) electrons. The number of halogens is 2. The molecule has 1 fully saturated rings. The summed E-state index contributed by atoms with van der Waals surface area (Å²) in [5.74, 6) is -0.129. The van der Waals surface area contributed by atoms with Crippen molar-refractivity contribution in [1.82, 2.24) is 10.2 Å². The minimum absolute atomic E-state index is 0.125. The first-order valence-corrected chi connectivity index (χ1v) is 10.9. The summed E-state index contributed by atoms with van der Waals surface area (Å²) < 4.78 is 23.9. The molecule has 8 heteroatoms. The molecule has 32 heavy (non-hydrogen) atoms. The van der Waals surface area contributed by atoms with Crippen molar-refractivity contribution in [1.29, 1.82) is 0 Å². The summed E-state index contributed by atoms with van der Waals surface area (Å²) in [5, 5.41) is 3.36. The number of ether oxygens (including phenoxy) is 2. The highest BCUT2D eigenvalue weighted by Gasteiger charge is 2.31. The maximum atomic E-state index is 13.0. The number of hydrogen-bond donors (Lipinski definition) is 2. The summed E-state index contributed by atoms with van der Waals surface area (Å²) in [5.41, 5.74) is 7.48. The summed E-state index contributed by atoms with van der Waals surface area (Å²) in [6.45, 7) is 2.43. The Bertz CT molecular complexity index is 952. The third-order valence-corrected chi connectivity index (χ3v) is 5.95. The number of nitrogens with zero attached hydrogens (tertiary/aromatic N) is 1. The predicted octanol–water partition coefficient (Wildman–Crippen LogP) is 3.99. The molecule has 172 valence electrons. The smallest absolute Gasteiger partial charge is 0.255 e. The second kappa shape index (κ2) is 11.3. The zero-order valence-corrected chi connectivity index (χ0v) is 19.1. The summed E-state index contributed by atoms with van der Waals surface area (Å²) in [4.78, 5) is 15.2. The van der Waals surface area contributed by atoms with Crippen LogP contribution in [-0.4, -0.2) is 56.8 Å². The monoisotopic (exact) mass is 461 g/mol. The molecule has 1 heterocycles. The average Bonchev–Trinajstić information content (AvgIpc) is 2.80. The van der Waals surface area contributed by atoms with Crippen molar-refractivity contribution in [3.63, 3.8) is 0 Å². The van der Waals surface area contributed by atoms with Gasteiger partial charge in [0.25, 0.3) is 5.91 Å². The number of carbonyl (C=O) groups is 1. The number of amides is 1. The Balaban J connectivity index is 1.53. The number of nitrogens with two attached hydrogens (primary N) is 1. The van der Waals surface area contributed by atoms with Crippen LogP contribution in [0.25, 0.3) is 6.08 Å². The molecule has 0 saturated carbocycles. The Hall–Kier alpha value is -2.61. The number of anilines is 1. The van der Waals surface area contributed by atoms with Gasteiger partial charge in [-0.25, -0.2) is 4.39 Å². The fourth-order valence-corrected chi connectivity index (χ4v) is 3.96. The summed E-state index contributed by atoms with van der Waals surface area (Å²) in [6, 6.07) is 9.36. The topological polar surface area (TPSA) is 76.8 Å². The Kier molecular flexibility index (Phi) is 8.50. The second-order valence-electron chi connectivity index (χ2n) is 7.76. The first-order chi connectivity index (χ1) is 15.4. The lowest BCUT2D eigenvalue weighted by atomic mass is 10.0. The molecule has 2 atom stereocenters. The zero-order chi connectivity index (χ0) is 23.1. The maximum absolute atomic E-state index is 13.0. The minimum atomic E-state index is -0.272. The molecule has 0 spiro atoms. The molecule has 0 aliphatic carbocycles. The van der Waals surface area contributed by atoms with Gasteiger partial charge < -0.3 is 25.4 Å². The number of nitrogens with one attached hydrogen (secondary N) is 1. The first-order valence-electron chi connectivity index (χ1n) is 10.5. The van der Waals surface area contributed by atoms with Crippen LogP contribution in [0, 0.1) is 5.82 Å². The number of likely N-dealkylation sites (tertiary alicyclic amines) is 1. The van der Waals surface area contributed by atoms with Gasteiger partial charge in [0, 0.05) is 32.8 Å². The number of methoxy groups -OCH3 is 2. The van der Waals surface area contributed by atoms with E-state index in [0.717, 1.165) is 31.5 Å². The van der Waals surface area contributed by atoms with Gasteiger partial charge in [-0.05, 0) is 36.6 Å². The predicted molar refractivity (Wildman–Crippen MR) is 126 cm³/mol. The van der Waals surface area contributed by atoms with Crippen molar-refractivity contribution in [2.24, 2.45) is 0 Å². The standard InChI is InChI=1S/C24H29ClFN3O3/c1-31-22-14-20(27)19(25)13-18(22)24(30)28-21-10-12-29(15-23(21)32-2)11-4-3-5-16-6-8-17(26)9-7-16/h3,5-9,13-14,21,23H,4,10-12,15,27H2,1-2H3,(H,28,30)/b5-3+. The minimum Gasteiger partial charge on any atom is -0.496 e. The van der Waals surface area contributed by atoms with E-state index in [2.05, 4.69) is 16.3 Å². The van der Waals surface area contributed by atoms with Crippen molar-refractivity contribution in [3.8, 4) is 5.75 Å². The summed E-state index contributed by atoms with van der Waals surface area (Å²) in [6.07, 6.45) is 5.57. The van der Waals surface area contributed by atoms with Crippen LogP contribution in [0.4, 0.5) is 10.1 Å². The molecule has 2 unspecified atom stereocenters. The van der Waals surface area contributed by atoms with Gasteiger partial charge >= 0.3 is 0 Å². The van der Waals surface area contributed by atoms with Crippen molar-refractivity contribution in [2.75, 3.05) is 39.6 Å². The third-order valence-electron chi connectivity index (χ3n) is 5.62. The lowest BCUT2D eigenvalue weighted by Gasteiger charge is -2.38. The average molecular weight is 462 g/mol. The normalized spacial score (nSPS) is 19.2. The molecule has 1 amide bonds. The van der Waals surface area contributed by atoms with Crippen molar-refractivity contribution >= 4 is 29.3 Å². The van der Waals surface area contributed by atoms with Crippen LogP contribution in [0.15, 0.2) is 42.5 Å². The van der Waals surface area contributed by atoms with Gasteiger partial charge in [0.1, 0.15) is 11.6 Å². The lowest BCUT2D eigenvalue weighted by Crippen LogP contribution is -2.54. The van der Waals surface area contributed by atoms with Gasteiger partial charge in [-0.1, -0.05) is 35.9 Å².